The number of hydrogen-bond donors (Lipinski definition) is 1. The van der Waals surface area contributed by atoms with Gasteiger partial charge in [-0.2, -0.15) is 0 Å². The summed E-state index contributed by atoms with van der Waals surface area (Å²) in [5.41, 5.74) is 4.12. The number of nitrogens with one attached hydrogen (secondary N) is 1. The Labute approximate surface area is 123 Å². The highest BCUT2D eigenvalue weighted by Crippen LogP contribution is 2.19. The Bertz CT molecular complexity index is 501. The quantitative estimate of drug-likeness (QED) is 0.772. The van der Waals surface area contributed by atoms with Crippen LogP contribution in [0.4, 0.5) is 0 Å². The van der Waals surface area contributed by atoms with Gasteiger partial charge in [-0.1, -0.05) is 67.9 Å². The van der Waals surface area contributed by atoms with Gasteiger partial charge in [0.1, 0.15) is 0 Å². The lowest BCUT2D eigenvalue weighted by atomic mass is 10.0. The zero-order valence-corrected chi connectivity index (χ0v) is 12.8. The van der Waals surface area contributed by atoms with Crippen LogP contribution in [0.5, 0.6) is 0 Å². The molecule has 1 nitrogen and oxygen atoms in total. The lowest BCUT2D eigenvalue weighted by Crippen LogP contribution is -2.22. The SMILES string of the molecule is CCCc1ccc(C(C)NC(C)c2ccccc2)cc1. The lowest BCUT2D eigenvalue weighted by molar-refractivity contribution is 0.494. The smallest absolute Gasteiger partial charge is 0.0297 e. The van der Waals surface area contributed by atoms with Crippen molar-refractivity contribution >= 4 is 0 Å². The van der Waals surface area contributed by atoms with Gasteiger partial charge in [0, 0.05) is 12.1 Å². The Hall–Kier alpha value is -1.60. The van der Waals surface area contributed by atoms with Gasteiger partial charge in [0.25, 0.3) is 0 Å². The second-order valence-electron chi connectivity index (χ2n) is 5.51. The normalized spacial score (nSPS) is 13.9. The van der Waals surface area contributed by atoms with Crippen LogP contribution in [0.3, 0.4) is 0 Å². The lowest BCUT2D eigenvalue weighted by Gasteiger charge is -2.21. The van der Waals surface area contributed by atoms with Gasteiger partial charge in [-0.15, -0.1) is 0 Å². The van der Waals surface area contributed by atoms with Gasteiger partial charge in [-0.3, -0.25) is 0 Å². The van der Waals surface area contributed by atoms with Gasteiger partial charge in [-0.25, -0.2) is 0 Å². The maximum absolute atomic E-state index is 3.66. The molecule has 0 fully saturated rings. The molecule has 1 heteroatoms. The van der Waals surface area contributed by atoms with E-state index >= 15 is 0 Å². The van der Waals surface area contributed by atoms with Crippen molar-refractivity contribution in [2.45, 2.75) is 45.7 Å². The number of hydrogen-bond acceptors (Lipinski definition) is 1. The first-order chi connectivity index (χ1) is 9.70. The van der Waals surface area contributed by atoms with Gasteiger partial charge in [0.05, 0.1) is 0 Å². The fourth-order valence-electron chi connectivity index (χ4n) is 2.57. The third-order valence-corrected chi connectivity index (χ3v) is 3.82. The van der Waals surface area contributed by atoms with Crippen molar-refractivity contribution < 1.29 is 0 Å². The first-order valence-corrected chi connectivity index (χ1v) is 7.60. The van der Waals surface area contributed by atoms with Gasteiger partial charge < -0.3 is 5.32 Å². The fraction of sp³-hybridized carbons (Fsp3) is 0.368. The molecule has 2 aromatic carbocycles. The molecular weight excluding hydrogens is 242 g/mol. The van der Waals surface area contributed by atoms with E-state index in [1.54, 1.807) is 0 Å². The summed E-state index contributed by atoms with van der Waals surface area (Å²) in [6.45, 7) is 6.67. The third-order valence-electron chi connectivity index (χ3n) is 3.82. The fourth-order valence-corrected chi connectivity index (χ4v) is 2.57. The van der Waals surface area contributed by atoms with E-state index in [2.05, 4.69) is 80.7 Å². The molecule has 0 spiro atoms. The Morgan fingerprint density at radius 2 is 1.35 bits per heavy atom. The van der Waals surface area contributed by atoms with Crippen molar-refractivity contribution in [3.63, 3.8) is 0 Å². The highest BCUT2D eigenvalue weighted by atomic mass is 14.9. The van der Waals surface area contributed by atoms with Crippen molar-refractivity contribution in [3.8, 4) is 0 Å². The summed E-state index contributed by atoms with van der Waals surface area (Å²) in [4.78, 5) is 0. The Morgan fingerprint density at radius 1 is 0.800 bits per heavy atom. The van der Waals surface area contributed by atoms with Crippen molar-refractivity contribution in [2.24, 2.45) is 0 Å². The average Bonchev–Trinajstić information content (AvgIpc) is 2.49. The molecule has 20 heavy (non-hydrogen) atoms. The molecule has 2 unspecified atom stereocenters. The molecular formula is C19H25N. The molecule has 0 saturated carbocycles. The molecule has 0 bridgehead atoms. The standard InChI is InChI=1S/C19H25N/c1-4-8-17-11-13-19(14-12-17)16(3)20-15(2)18-9-6-5-7-10-18/h5-7,9-16,20H,4,8H2,1-3H3. The summed E-state index contributed by atoms with van der Waals surface area (Å²) in [5.74, 6) is 0. The molecule has 0 aliphatic rings. The van der Waals surface area contributed by atoms with Crippen LogP contribution in [0.1, 0.15) is 56.0 Å². The van der Waals surface area contributed by atoms with E-state index in [1.165, 1.54) is 29.5 Å². The summed E-state index contributed by atoms with van der Waals surface area (Å²) in [7, 11) is 0. The van der Waals surface area contributed by atoms with Crippen LogP contribution in [0.25, 0.3) is 0 Å². The zero-order chi connectivity index (χ0) is 14.4. The van der Waals surface area contributed by atoms with E-state index in [0.717, 1.165) is 0 Å². The van der Waals surface area contributed by atoms with E-state index in [9.17, 15) is 0 Å². The maximum Gasteiger partial charge on any atom is 0.0297 e. The second-order valence-corrected chi connectivity index (χ2v) is 5.51. The molecule has 0 heterocycles. The van der Waals surface area contributed by atoms with Crippen molar-refractivity contribution in [3.05, 3.63) is 71.3 Å². The van der Waals surface area contributed by atoms with Crippen LogP contribution in [0.2, 0.25) is 0 Å². The highest BCUT2D eigenvalue weighted by Gasteiger charge is 2.10. The van der Waals surface area contributed by atoms with Crippen LogP contribution in [0.15, 0.2) is 54.6 Å². The molecule has 0 aliphatic carbocycles. The van der Waals surface area contributed by atoms with E-state index in [-0.39, 0.29) is 0 Å². The number of benzene rings is 2. The third kappa shape index (κ3) is 3.94. The maximum atomic E-state index is 3.66. The van der Waals surface area contributed by atoms with Crippen molar-refractivity contribution in [2.75, 3.05) is 0 Å². The molecule has 2 rings (SSSR count). The Kier molecular flexibility index (Phi) is 5.37. The molecule has 2 atom stereocenters. The van der Waals surface area contributed by atoms with E-state index in [0.29, 0.717) is 12.1 Å². The molecule has 0 aromatic heterocycles. The molecule has 0 saturated heterocycles. The Morgan fingerprint density at radius 3 is 1.90 bits per heavy atom. The van der Waals surface area contributed by atoms with E-state index < -0.39 is 0 Å². The van der Waals surface area contributed by atoms with Crippen LogP contribution >= 0.6 is 0 Å². The minimum Gasteiger partial charge on any atom is -0.304 e. The first-order valence-electron chi connectivity index (χ1n) is 7.60. The summed E-state index contributed by atoms with van der Waals surface area (Å²) in [5, 5.41) is 3.66. The average molecular weight is 267 g/mol. The number of rotatable bonds is 6. The largest absolute Gasteiger partial charge is 0.304 e. The Balaban J connectivity index is 1.99. The van der Waals surface area contributed by atoms with Gasteiger partial charge in [0.15, 0.2) is 0 Å². The van der Waals surface area contributed by atoms with E-state index in [4.69, 9.17) is 0 Å². The van der Waals surface area contributed by atoms with Crippen molar-refractivity contribution in [1.82, 2.24) is 5.32 Å². The summed E-state index contributed by atoms with van der Waals surface area (Å²) >= 11 is 0. The topological polar surface area (TPSA) is 12.0 Å². The van der Waals surface area contributed by atoms with Gasteiger partial charge in [0.2, 0.25) is 0 Å². The minimum absolute atomic E-state index is 0.362. The summed E-state index contributed by atoms with van der Waals surface area (Å²) < 4.78 is 0. The number of aryl methyl sites for hydroxylation is 1. The monoisotopic (exact) mass is 267 g/mol. The highest BCUT2D eigenvalue weighted by molar-refractivity contribution is 5.25. The van der Waals surface area contributed by atoms with Gasteiger partial charge >= 0.3 is 0 Å². The molecule has 0 amide bonds. The summed E-state index contributed by atoms with van der Waals surface area (Å²) in [6, 6.07) is 20.3. The molecule has 2 aromatic rings. The van der Waals surface area contributed by atoms with Gasteiger partial charge in [-0.05, 0) is 37.0 Å². The predicted molar refractivity (Wildman–Crippen MR) is 86.8 cm³/mol. The molecule has 106 valence electrons. The van der Waals surface area contributed by atoms with Crippen LogP contribution in [0, 0.1) is 0 Å². The van der Waals surface area contributed by atoms with Crippen LogP contribution in [-0.4, -0.2) is 0 Å². The molecule has 0 aliphatic heterocycles. The summed E-state index contributed by atoms with van der Waals surface area (Å²) in [6.07, 6.45) is 2.38. The second kappa shape index (κ2) is 7.25. The van der Waals surface area contributed by atoms with Crippen LogP contribution in [-0.2, 0) is 6.42 Å². The molecule has 0 radical (unpaired) electrons. The van der Waals surface area contributed by atoms with E-state index in [1.807, 2.05) is 0 Å². The molecule has 1 N–H and O–H groups in total. The zero-order valence-electron chi connectivity index (χ0n) is 12.8. The first kappa shape index (κ1) is 14.8. The van der Waals surface area contributed by atoms with Crippen molar-refractivity contribution in [1.29, 1.82) is 0 Å². The minimum atomic E-state index is 0.362. The predicted octanol–water partition coefficient (Wildman–Crippen LogP) is 5.05. The van der Waals surface area contributed by atoms with Crippen LogP contribution < -0.4 is 5.32 Å².